The predicted molar refractivity (Wildman–Crippen MR) is 442 cm³/mol. The third-order valence-electron chi connectivity index (χ3n) is 23.0. The van der Waals surface area contributed by atoms with E-state index in [9.17, 15) is 68.3 Å². The number of ether oxygens (including phenoxy) is 1. The molecule has 33 heteroatoms. The van der Waals surface area contributed by atoms with Crippen molar-refractivity contribution in [3.05, 3.63) is 214 Å². The summed E-state index contributed by atoms with van der Waals surface area (Å²) in [6.07, 6.45) is -10.6. The number of fused-ring (bicyclic) bond motifs is 3. The molecule has 6 aromatic heterocycles. The standard InChI is InChI=1S/C30H31F3N6O2.C29H29F3N6O2.C29H28F3N5O3/c1-28(2,27(41)38(3)4)22-16-21(23-24(34)37-39(5)25(23)36-22)17-9-11-20(12-10-17)35-26(40)29(13-14-29)18-7-6-8-19(15-18)30(31,32)33;1-27(2,25(39)34-3)21-15-20(22-23(33)37-38(4)24(22)36-21)16-8-10-19(11-9-16)35-26(40)28(12-13-28)17-6-5-7-18(14-17)29(30,31)32;1-27(2,26(39)40-4)21-15-20(22-23(33)36-37(3)24(22)35-21)16-8-10-19(11-9-16)34-25(38)28(12-13-28)17-6-5-7-18(14-17)29(30,31)32/h6-12,15-16H,13-14H2,1-5H3,(H2,34,37)(H,35,40);5-11,14-15H,12-13H2,1-4H3,(H2,33,37)(H,34,39)(H,35,40);5-11,14-15H,12-13H2,1-4H3,(H2,33,36)(H,34,38). The van der Waals surface area contributed by atoms with Crippen molar-refractivity contribution in [3.8, 4) is 33.4 Å². The third-order valence-corrected chi connectivity index (χ3v) is 23.0. The first-order valence-corrected chi connectivity index (χ1v) is 38.4. The van der Waals surface area contributed by atoms with Crippen LogP contribution in [0.1, 0.15) is 131 Å². The number of rotatable bonds is 18. The Hall–Kier alpha value is -13.2. The van der Waals surface area contributed by atoms with Crippen LogP contribution in [-0.4, -0.2) is 113 Å². The molecule has 3 saturated carbocycles. The highest BCUT2D eigenvalue weighted by Gasteiger charge is 2.55. The van der Waals surface area contributed by atoms with E-state index in [0.29, 0.717) is 140 Å². The minimum Gasteiger partial charge on any atom is -0.468 e. The minimum atomic E-state index is -4.49. The average Bonchev–Trinajstić information content (AvgIpc) is 1.66. The van der Waals surface area contributed by atoms with E-state index in [0.717, 1.165) is 64.2 Å². The number of pyridine rings is 3. The highest BCUT2D eigenvalue weighted by Crippen LogP contribution is 2.53. The van der Waals surface area contributed by atoms with Crippen molar-refractivity contribution < 1.29 is 73.0 Å². The maximum Gasteiger partial charge on any atom is 0.416 e. The van der Waals surface area contributed by atoms with Gasteiger partial charge in [0.1, 0.15) is 5.41 Å². The Labute approximate surface area is 688 Å². The summed E-state index contributed by atoms with van der Waals surface area (Å²) >= 11 is 0. The van der Waals surface area contributed by atoms with Gasteiger partial charge in [0.15, 0.2) is 34.4 Å². The van der Waals surface area contributed by atoms with Gasteiger partial charge in [0.2, 0.25) is 29.5 Å². The number of amides is 5. The van der Waals surface area contributed by atoms with Gasteiger partial charge in [-0.1, -0.05) is 91.0 Å². The van der Waals surface area contributed by atoms with Crippen molar-refractivity contribution in [1.29, 1.82) is 0 Å². The van der Waals surface area contributed by atoms with Gasteiger partial charge < -0.3 is 48.1 Å². The largest absolute Gasteiger partial charge is 0.468 e. The van der Waals surface area contributed by atoms with Crippen molar-refractivity contribution in [2.45, 2.75) is 131 Å². The number of hydrogen-bond acceptors (Lipinski definition) is 16. The zero-order chi connectivity index (χ0) is 88.0. The minimum absolute atomic E-state index is 0.113. The number of nitrogen functional groups attached to an aromatic ring is 3. The first kappa shape index (κ1) is 85.6. The molecule has 0 aliphatic heterocycles. The van der Waals surface area contributed by atoms with Crippen molar-refractivity contribution in [2.75, 3.05) is 61.4 Å². The Morgan fingerprint density at radius 3 is 0.934 bits per heavy atom. The molecule has 6 heterocycles. The van der Waals surface area contributed by atoms with E-state index >= 15 is 0 Å². The highest BCUT2D eigenvalue weighted by atomic mass is 19.4. The second-order valence-corrected chi connectivity index (χ2v) is 32.5. The van der Waals surface area contributed by atoms with E-state index in [2.05, 4.69) is 41.5 Å². The molecule has 0 spiro atoms. The Bertz CT molecular complexity index is 5870. The molecule has 10 N–H and O–H groups in total. The maximum atomic E-state index is 13.3. The number of benzene rings is 6. The lowest BCUT2D eigenvalue weighted by Crippen LogP contribution is -2.39. The predicted octanol–water partition coefficient (Wildman–Crippen LogP) is 15.6. The van der Waals surface area contributed by atoms with Crippen molar-refractivity contribution in [2.24, 2.45) is 21.1 Å². The van der Waals surface area contributed by atoms with E-state index in [4.69, 9.17) is 31.9 Å². The van der Waals surface area contributed by atoms with Gasteiger partial charge in [-0.25, -0.2) is 29.0 Å². The van der Waals surface area contributed by atoms with E-state index in [-0.39, 0.29) is 35.4 Å². The van der Waals surface area contributed by atoms with Crippen LogP contribution >= 0.6 is 0 Å². The van der Waals surface area contributed by atoms with Gasteiger partial charge in [0, 0.05) is 59.3 Å². The van der Waals surface area contributed by atoms with Crippen LogP contribution < -0.4 is 38.5 Å². The van der Waals surface area contributed by atoms with Crippen molar-refractivity contribution >= 4 is 103 Å². The third kappa shape index (κ3) is 16.3. The summed E-state index contributed by atoms with van der Waals surface area (Å²) in [6, 6.07) is 41.4. The number of methoxy groups -OCH3 is 1. The monoisotopic (exact) mass is 1670 g/mol. The molecule has 121 heavy (non-hydrogen) atoms. The number of halogens is 9. The normalized spacial score (nSPS) is 14.7. The van der Waals surface area contributed by atoms with Crippen LogP contribution in [-0.2, 0) is 106 Å². The van der Waals surface area contributed by atoms with Crippen LogP contribution in [0, 0.1) is 0 Å². The van der Waals surface area contributed by atoms with Crippen LogP contribution in [0.5, 0.6) is 0 Å². The number of anilines is 6. The van der Waals surface area contributed by atoms with Gasteiger partial charge in [0.05, 0.1) is 84.1 Å². The molecule has 24 nitrogen and oxygen atoms in total. The second-order valence-electron chi connectivity index (χ2n) is 32.5. The molecular weight excluding hydrogens is 1580 g/mol. The Balaban J connectivity index is 0.000000157. The van der Waals surface area contributed by atoms with Crippen LogP contribution in [0.25, 0.3) is 66.5 Å². The SMILES string of the molecule is CN(C)C(=O)C(C)(C)c1cc(-c2ccc(NC(=O)C3(c4cccc(C(F)(F)F)c4)CC3)cc2)c2c(N)nn(C)c2n1.CNC(=O)C(C)(C)c1cc(-c2ccc(NC(=O)C3(c4cccc(C(F)(F)F)c4)CC3)cc2)c2c(N)nn(C)c2n1.COC(=O)C(C)(C)c1cc(-c2ccc(NC(=O)C3(c4cccc(C(F)(F)F)c4)CC3)cc2)c2c(N)nn(C)c2n1. The van der Waals surface area contributed by atoms with Crippen LogP contribution in [0.3, 0.4) is 0 Å². The maximum absolute atomic E-state index is 13.3. The van der Waals surface area contributed by atoms with Gasteiger partial charge in [-0.2, -0.15) is 54.8 Å². The lowest BCUT2D eigenvalue weighted by molar-refractivity contribution is -0.146. The van der Waals surface area contributed by atoms with Crippen molar-refractivity contribution in [1.82, 2.24) is 54.5 Å². The number of nitrogens with zero attached hydrogens (tertiary/aromatic N) is 10. The number of alkyl halides is 9. The van der Waals surface area contributed by atoms with E-state index < -0.39 is 73.7 Å². The average molecular weight is 1670 g/mol. The number of nitrogens with two attached hydrogens (primary N) is 3. The quantitative estimate of drug-likeness (QED) is 0.0310. The molecule has 0 saturated heterocycles. The fourth-order valence-corrected chi connectivity index (χ4v) is 15.2. The molecule has 0 atom stereocenters. The van der Waals surface area contributed by atoms with E-state index in [1.54, 1.807) is 169 Å². The number of likely N-dealkylation sites (N-methyl/N-ethyl adjacent to an activating group) is 2. The number of esters is 1. The Morgan fingerprint density at radius 2 is 0.686 bits per heavy atom. The molecule has 0 bridgehead atoms. The molecule has 0 unspecified atom stereocenters. The summed E-state index contributed by atoms with van der Waals surface area (Å²) < 4.78 is 129. The topological polar surface area (TPSA) is 333 Å². The van der Waals surface area contributed by atoms with E-state index in [1.165, 1.54) is 30.2 Å². The smallest absolute Gasteiger partial charge is 0.416 e. The van der Waals surface area contributed by atoms with Gasteiger partial charge in [-0.05, 0) is 203 Å². The molecule has 6 aromatic carbocycles. The Kier molecular flexibility index (Phi) is 22.1. The van der Waals surface area contributed by atoms with Crippen molar-refractivity contribution in [3.63, 3.8) is 0 Å². The van der Waals surface area contributed by atoms with Crippen LogP contribution in [0.15, 0.2) is 164 Å². The lowest BCUT2D eigenvalue weighted by atomic mass is 9.85. The first-order chi connectivity index (χ1) is 56.7. The van der Waals surface area contributed by atoms with Gasteiger partial charge >= 0.3 is 24.5 Å². The Morgan fingerprint density at radius 1 is 0.413 bits per heavy atom. The zero-order valence-electron chi connectivity index (χ0n) is 68.3. The number of aromatic nitrogens is 9. The summed E-state index contributed by atoms with van der Waals surface area (Å²) in [5.41, 5.74) is 20.6. The number of hydrogen-bond donors (Lipinski definition) is 7. The highest BCUT2D eigenvalue weighted by molar-refractivity contribution is 6.07. The first-order valence-electron chi connectivity index (χ1n) is 38.4. The molecule has 12 aromatic rings. The molecule has 15 rings (SSSR count). The summed E-state index contributed by atoms with van der Waals surface area (Å²) in [4.78, 5) is 93.4. The molecule has 630 valence electrons. The lowest BCUT2D eigenvalue weighted by Gasteiger charge is -2.27. The molecule has 3 aliphatic rings. The summed E-state index contributed by atoms with van der Waals surface area (Å²) in [5.74, 6) is -0.961. The second kappa shape index (κ2) is 31.2. The van der Waals surface area contributed by atoms with Gasteiger partial charge in [-0.15, -0.1) is 0 Å². The number of carbonyl (C=O) groups excluding carboxylic acids is 6. The number of carbonyl (C=O) groups is 6. The zero-order valence-corrected chi connectivity index (χ0v) is 68.3. The van der Waals surface area contributed by atoms with Crippen LogP contribution in [0.4, 0.5) is 74.0 Å². The van der Waals surface area contributed by atoms with Gasteiger partial charge in [-0.3, -0.25) is 28.8 Å². The fraction of sp³-hybridized carbons (Fsp3) is 0.318. The molecule has 3 fully saturated rings. The molecule has 5 amide bonds. The fourth-order valence-electron chi connectivity index (χ4n) is 15.2. The summed E-state index contributed by atoms with van der Waals surface area (Å²) in [6.45, 7) is 10.6. The summed E-state index contributed by atoms with van der Waals surface area (Å²) in [5, 5.41) is 26.1. The van der Waals surface area contributed by atoms with Gasteiger partial charge in [0.25, 0.3) is 0 Å². The number of aryl methyl sites for hydroxylation is 3. The van der Waals surface area contributed by atoms with E-state index in [1.807, 2.05) is 38.1 Å². The summed E-state index contributed by atoms with van der Waals surface area (Å²) in [7, 11) is 11.4. The number of nitrogens with one attached hydrogen (secondary N) is 4. The van der Waals surface area contributed by atoms with Crippen LogP contribution in [0.2, 0.25) is 0 Å². The molecule has 3 aliphatic carbocycles. The molecular formula is C88H88F9N17O7. The molecule has 0 radical (unpaired) electrons.